The normalized spacial score (nSPS) is 11.1. The van der Waals surface area contributed by atoms with Crippen molar-refractivity contribution in [2.75, 3.05) is 12.4 Å². The van der Waals surface area contributed by atoms with Crippen LogP contribution >= 0.6 is 0 Å². The molecule has 98 valence electrons. The van der Waals surface area contributed by atoms with Gasteiger partial charge in [0.1, 0.15) is 11.3 Å². The monoisotopic (exact) mass is 257 g/mol. The summed E-state index contributed by atoms with van der Waals surface area (Å²) in [6, 6.07) is 0. The van der Waals surface area contributed by atoms with Gasteiger partial charge in [0.05, 0.1) is 6.33 Å². The van der Waals surface area contributed by atoms with Gasteiger partial charge in [-0.2, -0.15) is 9.97 Å². The highest BCUT2D eigenvalue weighted by atomic mass is 15.2. The lowest BCUT2D eigenvalue weighted by atomic mass is 10.3. The van der Waals surface area contributed by atoms with Gasteiger partial charge in [0.15, 0.2) is 11.5 Å². The quantitative estimate of drug-likeness (QED) is 0.740. The van der Waals surface area contributed by atoms with Gasteiger partial charge in [0.2, 0.25) is 5.95 Å². The lowest BCUT2D eigenvalue weighted by molar-refractivity contribution is 0.800. The van der Waals surface area contributed by atoms with E-state index in [1.165, 1.54) is 0 Å². The highest BCUT2D eigenvalue weighted by molar-refractivity contribution is 5.79. The molecule has 0 spiro atoms. The molecule has 0 saturated carbocycles. The number of imidazole rings is 2. The van der Waals surface area contributed by atoms with Crippen LogP contribution in [0.4, 0.5) is 5.95 Å². The molecule has 0 radical (unpaired) electrons. The summed E-state index contributed by atoms with van der Waals surface area (Å²) in [6.45, 7) is 2.13. The largest absolute Gasteiger partial charge is 0.357 e. The Labute approximate surface area is 110 Å². The topological polar surface area (TPSA) is 84.3 Å². The number of H-pyrrole nitrogens is 1. The van der Waals surface area contributed by atoms with Crippen molar-refractivity contribution in [3.05, 3.63) is 24.5 Å². The first kappa shape index (κ1) is 11.6. The van der Waals surface area contributed by atoms with Crippen molar-refractivity contribution in [1.82, 2.24) is 29.5 Å². The third-order valence-electron chi connectivity index (χ3n) is 2.91. The van der Waals surface area contributed by atoms with E-state index in [4.69, 9.17) is 0 Å². The first-order valence-corrected chi connectivity index (χ1v) is 6.25. The van der Waals surface area contributed by atoms with Crippen molar-refractivity contribution in [2.24, 2.45) is 0 Å². The van der Waals surface area contributed by atoms with E-state index in [0.717, 1.165) is 30.0 Å². The Bertz CT molecular complexity index is 697. The summed E-state index contributed by atoms with van der Waals surface area (Å²) in [4.78, 5) is 20.5. The smallest absolute Gasteiger partial charge is 0.226 e. The second-order valence-corrected chi connectivity index (χ2v) is 4.19. The number of nitrogens with one attached hydrogen (secondary N) is 2. The summed E-state index contributed by atoms with van der Waals surface area (Å²) in [7, 11) is 1.79. The molecule has 3 aromatic rings. The Kier molecular flexibility index (Phi) is 2.86. The maximum atomic E-state index is 4.51. The van der Waals surface area contributed by atoms with Gasteiger partial charge < -0.3 is 10.3 Å². The van der Waals surface area contributed by atoms with Crippen molar-refractivity contribution in [3.63, 3.8) is 0 Å². The number of nitrogens with zero attached hydrogens (tertiary/aromatic N) is 5. The van der Waals surface area contributed by atoms with Gasteiger partial charge in [-0.05, 0) is 6.42 Å². The standard InChI is InChI=1S/C12H15N7/c1-3-4-8-14-5-6-19(8)11-9-10(16-7-15-9)17-12(13-2)18-11/h5-7H,3-4H2,1-2H3,(H2,13,15,16,17,18). The summed E-state index contributed by atoms with van der Waals surface area (Å²) in [5.41, 5.74) is 1.46. The Balaban J connectivity index is 2.22. The van der Waals surface area contributed by atoms with Gasteiger partial charge in [-0.3, -0.25) is 4.57 Å². The zero-order valence-corrected chi connectivity index (χ0v) is 10.9. The molecule has 2 N–H and O–H groups in total. The SMILES string of the molecule is CCCc1nccn1-c1nc(NC)nc2nc[nH]c12. The molecule has 0 aliphatic carbocycles. The van der Waals surface area contributed by atoms with E-state index >= 15 is 0 Å². The second-order valence-electron chi connectivity index (χ2n) is 4.19. The van der Waals surface area contributed by atoms with Gasteiger partial charge in [0.25, 0.3) is 0 Å². The zero-order chi connectivity index (χ0) is 13.2. The van der Waals surface area contributed by atoms with Crippen LogP contribution in [0.25, 0.3) is 17.0 Å². The molecule has 0 unspecified atom stereocenters. The minimum atomic E-state index is 0.547. The van der Waals surface area contributed by atoms with Gasteiger partial charge in [-0.1, -0.05) is 6.92 Å². The molecule has 0 amide bonds. The second kappa shape index (κ2) is 4.68. The van der Waals surface area contributed by atoms with Gasteiger partial charge in [-0.25, -0.2) is 9.97 Å². The number of aryl methyl sites for hydroxylation is 1. The summed E-state index contributed by atoms with van der Waals surface area (Å²) in [5, 5.41) is 2.95. The molecule has 0 aliphatic heterocycles. The minimum Gasteiger partial charge on any atom is -0.357 e. The number of hydrogen-bond donors (Lipinski definition) is 2. The Morgan fingerprint density at radius 3 is 3.00 bits per heavy atom. The van der Waals surface area contributed by atoms with E-state index in [1.807, 2.05) is 10.8 Å². The molecule has 0 atom stereocenters. The maximum absolute atomic E-state index is 4.51. The van der Waals surface area contributed by atoms with Crippen molar-refractivity contribution < 1.29 is 0 Å². The zero-order valence-electron chi connectivity index (χ0n) is 10.9. The summed E-state index contributed by atoms with van der Waals surface area (Å²) >= 11 is 0. The number of fused-ring (bicyclic) bond motifs is 1. The fourth-order valence-corrected chi connectivity index (χ4v) is 2.04. The summed E-state index contributed by atoms with van der Waals surface area (Å²) < 4.78 is 1.98. The molecule has 3 rings (SSSR count). The van der Waals surface area contributed by atoms with Crippen LogP contribution in [0.1, 0.15) is 19.2 Å². The summed E-state index contributed by atoms with van der Waals surface area (Å²) in [6.07, 6.45) is 7.26. The molecule has 0 saturated heterocycles. The molecule has 19 heavy (non-hydrogen) atoms. The average Bonchev–Trinajstić information content (AvgIpc) is 3.06. The molecule has 7 nitrogen and oxygen atoms in total. The van der Waals surface area contributed by atoms with Gasteiger partial charge in [0, 0.05) is 25.9 Å². The molecule has 0 aliphatic rings. The third kappa shape index (κ3) is 1.92. The molecule has 0 bridgehead atoms. The van der Waals surface area contributed by atoms with Crippen LogP contribution in [0.2, 0.25) is 0 Å². The molecule has 3 aromatic heterocycles. The van der Waals surface area contributed by atoms with E-state index in [1.54, 1.807) is 19.6 Å². The van der Waals surface area contributed by atoms with Crippen LogP contribution in [-0.2, 0) is 6.42 Å². The van der Waals surface area contributed by atoms with Crippen LogP contribution < -0.4 is 5.32 Å². The number of hydrogen-bond acceptors (Lipinski definition) is 5. The van der Waals surface area contributed by atoms with E-state index in [9.17, 15) is 0 Å². The van der Waals surface area contributed by atoms with Crippen molar-refractivity contribution in [1.29, 1.82) is 0 Å². The van der Waals surface area contributed by atoms with E-state index in [0.29, 0.717) is 11.6 Å². The Morgan fingerprint density at radius 1 is 1.32 bits per heavy atom. The van der Waals surface area contributed by atoms with E-state index in [-0.39, 0.29) is 0 Å². The van der Waals surface area contributed by atoms with Crippen LogP contribution in [0.15, 0.2) is 18.7 Å². The molecular formula is C12H15N7. The molecular weight excluding hydrogens is 242 g/mol. The Morgan fingerprint density at radius 2 is 2.21 bits per heavy atom. The third-order valence-corrected chi connectivity index (χ3v) is 2.91. The van der Waals surface area contributed by atoms with E-state index in [2.05, 4.69) is 37.2 Å². The molecule has 3 heterocycles. The fourth-order valence-electron chi connectivity index (χ4n) is 2.04. The fraction of sp³-hybridized carbons (Fsp3) is 0.333. The first-order valence-electron chi connectivity index (χ1n) is 6.25. The van der Waals surface area contributed by atoms with E-state index < -0.39 is 0 Å². The van der Waals surface area contributed by atoms with Crippen LogP contribution in [-0.4, -0.2) is 36.5 Å². The predicted octanol–water partition coefficient (Wildman–Crippen LogP) is 1.53. The molecule has 7 heteroatoms. The first-order chi connectivity index (χ1) is 9.33. The van der Waals surface area contributed by atoms with Crippen molar-refractivity contribution in [2.45, 2.75) is 19.8 Å². The highest BCUT2D eigenvalue weighted by Gasteiger charge is 2.13. The predicted molar refractivity (Wildman–Crippen MR) is 72.3 cm³/mol. The highest BCUT2D eigenvalue weighted by Crippen LogP contribution is 2.19. The van der Waals surface area contributed by atoms with Crippen LogP contribution in [0.3, 0.4) is 0 Å². The van der Waals surface area contributed by atoms with Crippen LogP contribution in [0.5, 0.6) is 0 Å². The van der Waals surface area contributed by atoms with Crippen LogP contribution in [0, 0.1) is 0 Å². The maximum Gasteiger partial charge on any atom is 0.226 e. The molecule has 0 fully saturated rings. The van der Waals surface area contributed by atoms with Gasteiger partial charge >= 0.3 is 0 Å². The molecule has 0 aromatic carbocycles. The number of anilines is 1. The van der Waals surface area contributed by atoms with Crippen molar-refractivity contribution >= 4 is 17.1 Å². The van der Waals surface area contributed by atoms with Gasteiger partial charge in [-0.15, -0.1) is 0 Å². The summed E-state index contributed by atoms with van der Waals surface area (Å²) in [5.74, 6) is 2.30. The number of rotatable bonds is 4. The van der Waals surface area contributed by atoms with Crippen molar-refractivity contribution in [3.8, 4) is 5.82 Å². The Hall–Kier alpha value is -2.44. The minimum absolute atomic E-state index is 0.547. The average molecular weight is 257 g/mol. The number of aromatic amines is 1. The lowest BCUT2D eigenvalue weighted by Crippen LogP contribution is -2.07. The number of aromatic nitrogens is 6. The lowest BCUT2D eigenvalue weighted by Gasteiger charge is -2.08.